The van der Waals surface area contributed by atoms with Crippen LogP contribution in [0.4, 0.5) is 17.5 Å². The fourth-order valence-electron chi connectivity index (χ4n) is 3.42. The van der Waals surface area contributed by atoms with Crippen LogP contribution in [0, 0.1) is 4.78 Å². The third kappa shape index (κ3) is 5.35. The predicted octanol–water partition coefficient (Wildman–Crippen LogP) is 4.52. The molecule has 8 nitrogen and oxygen atoms in total. The van der Waals surface area contributed by atoms with Gasteiger partial charge in [0.25, 0.3) is 0 Å². The molecular weight excluding hydrogens is 426 g/mol. The van der Waals surface area contributed by atoms with Crippen molar-refractivity contribution in [3.63, 3.8) is 0 Å². The molecule has 1 aliphatic heterocycles. The summed E-state index contributed by atoms with van der Waals surface area (Å²) in [5, 5.41) is 6.56. The average molecular weight is 454 g/mol. The number of ether oxygens (including phenoxy) is 2. The maximum Gasteiger partial charge on any atom is 0.229 e. The van der Waals surface area contributed by atoms with Gasteiger partial charge in [0.2, 0.25) is 5.95 Å². The Morgan fingerprint density at radius 1 is 1.12 bits per heavy atom. The normalized spacial score (nSPS) is 18.3. The number of nitrogens with zero attached hydrogens (tertiary/aromatic N) is 2. The van der Waals surface area contributed by atoms with Crippen molar-refractivity contribution in [3.8, 4) is 16.9 Å². The van der Waals surface area contributed by atoms with Gasteiger partial charge in [-0.1, -0.05) is 18.2 Å². The van der Waals surface area contributed by atoms with E-state index >= 15 is 0 Å². The summed E-state index contributed by atoms with van der Waals surface area (Å²) < 4.78 is 31.8. The first-order valence-corrected chi connectivity index (χ1v) is 12.2. The first-order chi connectivity index (χ1) is 15.5. The number of nitrogens with one attached hydrogen (secondary N) is 3. The van der Waals surface area contributed by atoms with E-state index in [-0.39, 0.29) is 0 Å². The Balaban J connectivity index is 1.62. The summed E-state index contributed by atoms with van der Waals surface area (Å²) in [5.41, 5.74) is 2.56. The molecule has 0 spiro atoms. The lowest BCUT2D eigenvalue weighted by atomic mass is 10.1. The maximum absolute atomic E-state index is 12.8. The first-order valence-electron chi connectivity index (χ1n) is 10.5. The van der Waals surface area contributed by atoms with E-state index in [9.17, 15) is 4.21 Å². The van der Waals surface area contributed by atoms with Gasteiger partial charge in [-0.25, -0.2) is 14.0 Å². The molecule has 0 radical (unpaired) electrons. The number of anilines is 3. The number of rotatable bonds is 5. The lowest BCUT2D eigenvalue weighted by molar-refractivity contribution is 0.146. The molecule has 3 N–H and O–H groups in total. The molecule has 4 bridgehead atoms. The average Bonchev–Trinajstić information content (AvgIpc) is 2.80. The van der Waals surface area contributed by atoms with Crippen molar-refractivity contribution in [1.29, 1.82) is 4.78 Å². The molecule has 9 heteroatoms. The lowest BCUT2D eigenvalue weighted by Gasteiger charge is -2.13. The second-order valence-electron chi connectivity index (χ2n) is 7.49. The van der Waals surface area contributed by atoms with Gasteiger partial charge in [-0.05, 0) is 48.7 Å². The maximum atomic E-state index is 12.8. The Bertz CT molecular complexity index is 1170. The second-order valence-corrected chi connectivity index (χ2v) is 9.72. The van der Waals surface area contributed by atoms with Crippen LogP contribution in [-0.2, 0) is 14.5 Å². The number of benzene rings is 2. The molecule has 1 aromatic heterocycles. The van der Waals surface area contributed by atoms with Gasteiger partial charge in [-0.3, -0.25) is 0 Å². The predicted molar refractivity (Wildman–Crippen MR) is 126 cm³/mol. The van der Waals surface area contributed by atoms with Crippen molar-refractivity contribution in [2.75, 3.05) is 43.3 Å². The van der Waals surface area contributed by atoms with Crippen LogP contribution < -0.4 is 15.4 Å². The highest BCUT2D eigenvalue weighted by atomic mass is 32.2. The van der Waals surface area contributed by atoms with Gasteiger partial charge in [0.05, 0.1) is 16.3 Å². The van der Waals surface area contributed by atoms with Gasteiger partial charge in [-0.2, -0.15) is 4.98 Å². The monoisotopic (exact) mass is 453 g/mol. The van der Waals surface area contributed by atoms with Crippen LogP contribution in [0.15, 0.2) is 59.6 Å². The molecule has 2 aromatic carbocycles. The summed E-state index contributed by atoms with van der Waals surface area (Å²) in [6.07, 6.45) is 3.26. The van der Waals surface area contributed by atoms with Crippen LogP contribution in [0.3, 0.4) is 0 Å². The molecule has 1 atom stereocenters. The van der Waals surface area contributed by atoms with E-state index in [0.29, 0.717) is 48.5 Å². The fourth-order valence-corrected chi connectivity index (χ4v) is 4.89. The summed E-state index contributed by atoms with van der Waals surface area (Å²) in [6, 6.07) is 14.9. The van der Waals surface area contributed by atoms with E-state index in [2.05, 4.69) is 20.6 Å². The Kier molecular flexibility index (Phi) is 6.87. The molecule has 0 saturated heterocycles. The summed E-state index contributed by atoms with van der Waals surface area (Å²) >= 11 is 0. The number of methoxy groups -OCH3 is 1. The van der Waals surface area contributed by atoms with E-state index in [1.807, 2.05) is 30.3 Å². The largest absolute Gasteiger partial charge is 0.491 e. The highest BCUT2D eigenvalue weighted by Crippen LogP contribution is 2.30. The Morgan fingerprint density at radius 2 is 1.97 bits per heavy atom. The molecule has 32 heavy (non-hydrogen) atoms. The highest BCUT2D eigenvalue weighted by molar-refractivity contribution is 7.92. The molecule has 1 unspecified atom stereocenters. The lowest BCUT2D eigenvalue weighted by Crippen LogP contribution is -2.09. The zero-order valence-electron chi connectivity index (χ0n) is 18.0. The molecule has 2 heterocycles. The van der Waals surface area contributed by atoms with E-state index in [1.54, 1.807) is 31.5 Å². The van der Waals surface area contributed by atoms with Crippen LogP contribution in [-0.4, -0.2) is 46.8 Å². The zero-order chi connectivity index (χ0) is 22.4. The Morgan fingerprint density at radius 3 is 2.78 bits per heavy atom. The van der Waals surface area contributed by atoms with E-state index < -0.39 is 9.73 Å². The molecule has 1 aliphatic rings. The number of hydrogen-bond acceptors (Lipinski definition) is 8. The minimum Gasteiger partial charge on any atom is -0.491 e. The summed E-state index contributed by atoms with van der Waals surface area (Å²) in [5.74, 6) is 2.26. The number of fused-ring (bicyclic) bond motifs is 4. The Labute approximate surface area is 188 Å². The van der Waals surface area contributed by atoms with E-state index in [0.717, 1.165) is 29.1 Å². The van der Waals surface area contributed by atoms with Crippen molar-refractivity contribution in [2.45, 2.75) is 17.7 Å². The third-order valence-corrected chi connectivity index (χ3v) is 7.01. The van der Waals surface area contributed by atoms with Crippen LogP contribution in [0.1, 0.15) is 12.8 Å². The van der Waals surface area contributed by atoms with Crippen molar-refractivity contribution < 1.29 is 13.7 Å². The van der Waals surface area contributed by atoms with Gasteiger partial charge in [0.15, 0.2) is 0 Å². The molecule has 168 valence electrons. The smallest absolute Gasteiger partial charge is 0.229 e. The quantitative estimate of drug-likeness (QED) is 0.487. The third-order valence-electron chi connectivity index (χ3n) is 5.13. The SMILES string of the molecule is COCCOc1ccc(-c2cnc3nc2NCCCCS(=N)(=O)c2cccc(c2)N3)cc1. The molecule has 0 aliphatic carbocycles. The standard InChI is InChI=1S/C23H27N5O3S/c1-30-12-13-31-19-9-7-17(8-10-19)21-16-26-23-27-18-5-4-6-20(15-18)32(24,29)14-3-2-11-25-22(21)28-23/h4-10,15-16,24H,2-3,11-14H2,1H3,(H2,25,26,27,28). The first kappa shape index (κ1) is 22.0. The molecule has 0 amide bonds. The minimum absolute atomic E-state index is 0.332. The molecule has 3 aromatic rings. The van der Waals surface area contributed by atoms with Gasteiger partial charge in [0.1, 0.15) is 18.2 Å². The summed E-state index contributed by atoms with van der Waals surface area (Å²) in [6.45, 7) is 1.70. The number of aromatic nitrogens is 2. The van der Waals surface area contributed by atoms with Crippen LogP contribution in [0.5, 0.6) is 5.75 Å². The van der Waals surface area contributed by atoms with Gasteiger partial charge in [-0.15, -0.1) is 0 Å². The zero-order valence-corrected chi connectivity index (χ0v) is 18.8. The van der Waals surface area contributed by atoms with Crippen molar-refractivity contribution in [3.05, 3.63) is 54.7 Å². The van der Waals surface area contributed by atoms with Gasteiger partial charge < -0.3 is 20.1 Å². The van der Waals surface area contributed by atoms with Crippen molar-refractivity contribution in [2.24, 2.45) is 0 Å². The molecule has 0 saturated carbocycles. The summed E-state index contributed by atoms with van der Waals surface area (Å²) in [4.78, 5) is 9.70. The Hall–Kier alpha value is -3.17. The highest BCUT2D eigenvalue weighted by Gasteiger charge is 2.14. The summed E-state index contributed by atoms with van der Waals surface area (Å²) in [7, 11) is -1.18. The molecule has 4 rings (SSSR count). The topological polar surface area (TPSA) is 109 Å². The molecular formula is C23H27N5O3S. The van der Waals surface area contributed by atoms with Gasteiger partial charge >= 0.3 is 0 Å². The van der Waals surface area contributed by atoms with E-state index in [1.165, 1.54) is 0 Å². The van der Waals surface area contributed by atoms with Crippen molar-refractivity contribution in [1.82, 2.24) is 9.97 Å². The van der Waals surface area contributed by atoms with Gasteiger partial charge in [0, 0.05) is 41.8 Å². The second kappa shape index (κ2) is 9.97. The van der Waals surface area contributed by atoms with Crippen LogP contribution in [0.2, 0.25) is 0 Å². The fraction of sp³-hybridized carbons (Fsp3) is 0.304. The number of hydrogen-bond donors (Lipinski definition) is 3. The molecule has 0 fully saturated rings. The minimum atomic E-state index is -2.83. The van der Waals surface area contributed by atoms with Crippen LogP contribution >= 0.6 is 0 Å². The van der Waals surface area contributed by atoms with Crippen LogP contribution in [0.25, 0.3) is 11.1 Å². The van der Waals surface area contributed by atoms with Crippen molar-refractivity contribution >= 4 is 27.2 Å². The van der Waals surface area contributed by atoms with E-state index in [4.69, 9.17) is 14.3 Å².